The fourth-order valence-electron chi connectivity index (χ4n) is 1.47. The lowest BCUT2D eigenvalue weighted by Crippen LogP contribution is -2.18. The third-order valence-corrected chi connectivity index (χ3v) is 2.17. The molecule has 2 N–H and O–H groups in total. The van der Waals surface area contributed by atoms with Crippen molar-refractivity contribution in [3.05, 3.63) is 29.8 Å². The second-order valence-electron chi connectivity index (χ2n) is 3.83. The number of hydrogen-bond donors (Lipinski definition) is 2. The average molecular weight is 236 g/mol. The van der Waals surface area contributed by atoms with E-state index in [1.54, 1.807) is 0 Å². The molecule has 0 saturated heterocycles. The Bertz CT molecular complexity index is 353. The van der Waals surface area contributed by atoms with Gasteiger partial charge in [0.15, 0.2) is 0 Å². The van der Waals surface area contributed by atoms with E-state index in [9.17, 15) is 4.79 Å². The third kappa shape index (κ3) is 5.47. The minimum atomic E-state index is -0.111. The first kappa shape index (κ1) is 13.7. The second-order valence-corrected chi connectivity index (χ2v) is 3.83. The summed E-state index contributed by atoms with van der Waals surface area (Å²) in [5, 5.41) is 5.88. The molecule has 1 rings (SSSR count). The number of ether oxygens (including phenoxy) is 1. The SMILES string of the molecule is CCCOCC(=O)Nc1cccc(CNC)c1. The zero-order chi connectivity index (χ0) is 12.5. The largest absolute Gasteiger partial charge is 0.372 e. The molecule has 17 heavy (non-hydrogen) atoms. The van der Waals surface area contributed by atoms with Gasteiger partial charge in [-0.3, -0.25) is 4.79 Å². The zero-order valence-electron chi connectivity index (χ0n) is 10.5. The molecule has 0 saturated carbocycles. The highest BCUT2D eigenvalue weighted by molar-refractivity contribution is 5.91. The zero-order valence-corrected chi connectivity index (χ0v) is 10.5. The molecule has 0 bridgehead atoms. The van der Waals surface area contributed by atoms with E-state index in [1.165, 1.54) is 0 Å². The van der Waals surface area contributed by atoms with Crippen molar-refractivity contribution in [1.29, 1.82) is 0 Å². The van der Waals surface area contributed by atoms with Crippen molar-refractivity contribution >= 4 is 11.6 Å². The van der Waals surface area contributed by atoms with Crippen LogP contribution in [-0.2, 0) is 16.1 Å². The van der Waals surface area contributed by atoms with Gasteiger partial charge in [-0.1, -0.05) is 19.1 Å². The maximum Gasteiger partial charge on any atom is 0.250 e. The lowest BCUT2D eigenvalue weighted by molar-refractivity contribution is -0.120. The van der Waals surface area contributed by atoms with Crippen molar-refractivity contribution in [2.45, 2.75) is 19.9 Å². The number of hydrogen-bond acceptors (Lipinski definition) is 3. The molecule has 0 aliphatic heterocycles. The predicted octanol–water partition coefficient (Wildman–Crippen LogP) is 1.77. The highest BCUT2D eigenvalue weighted by Crippen LogP contribution is 2.10. The fourth-order valence-corrected chi connectivity index (χ4v) is 1.47. The first-order chi connectivity index (χ1) is 8.26. The Balaban J connectivity index is 2.44. The van der Waals surface area contributed by atoms with Gasteiger partial charge in [0, 0.05) is 18.8 Å². The molecule has 94 valence electrons. The molecule has 0 aliphatic rings. The van der Waals surface area contributed by atoms with Crippen molar-refractivity contribution in [3.63, 3.8) is 0 Å². The van der Waals surface area contributed by atoms with Crippen molar-refractivity contribution in [2.24, 2.45) is 0 Å². The van der Waals surface area contributed by atoms with Gasteiger partial charge in [-0.15, -0.1) is 0 Å². The summed E-state index contributed by atoms with van der Waals surface area (Å²) < 4.78 is 5.17. The number of anilines is 1. The molecule has 0 fully saturated rings. The van der Waals surface area contributed by atoms with Gasteiger partial charge in [0.25, 0.3) is 0 Å². The minimum Gasteiger partial charge on any atom is -0.372 e. The first-order valence-corrected chi connectivity index (χ1v) is 5.87. The third-order valence-electron chi connectivity index (χ3n) is 2.17. The Morgan fingerprint density at radius 2 is 2.24 bits per heavy atom. The molecule has 0 unspecified atom stereocenters. The van der Waals surface area contributed by atoms with Crippen LogP contribution < -0.4 is 10.6 Å². The van der Waals surface area contributed by atoms with Crippen molar-refractivity contribution in [3.8, 4) is 0 Å². The van der Waals surface area contributed by atoms with Crippen LogP contribution in [0.3, 0.4) is 0 Å². The van der Waals surface area contributed by atoms with Crippen LogP contribution in [-0.4, -0.2) is 26.2 Å². The number of amides is 1. The standard InChI is InChI=1S/C13H20N2O2/c1-3-7-17-10-13(16)15-12-6-4-5-11(8-12)9-14-2/h4-6,8,14H,3,7,9-10H2,1-2H3,(H,15,16). The minimum absolute atomic E-state index is 0.111. The van der Waals surface area contributed by atoms with E-state index in [0.717, 1.165) is 24.2 Å². The number of carbonyl (C=O) groups excluding carboxylic acids is 1. The summed E-state index contributed by atoms with van der Waals surface area (Å²) in [5.41, 5.74) is 1.95. The summed E-state index contributed by atoms with van der Waals surface area (Å²) in [6.07, 6.45) is 0.922. The number of nitrogens with one attached hydrogen (secondary N) is 2. The second kappa shape index (κ2) is 7.81. The van der Waals surface area contributed by atoms with Gasteiger partial charge >= 0.3 is 0 Å². The monoisotopic (exact) mass is 236 g/mol. The lowest BCUT2D eigenvalue weighted by atomic mass is 10.2. The van der Waals surface area contributed by atoms with E-state index in [-0.39, 0.29) is 12.5 Å². The molecule has 0 aliphatic carbocycles. The molecule has 1 aromatic carbocycles. The molecule has 4 heteroatoms. The van der Waals surface area contributed by atoms with Crippen molar-refractivity contribution in [1.82, 2.24) is 5.32 Å². The summed E-state index contributed by atoms with van der Waals surface area (Å²) >= 11 is 0. The van der Waals surface area contributed by atoms with E-state index < -0.39 is 0 Å². The highest BCUT2D eigenvalue weighted by Gasteiger charge is 2.02. The molecular weight excluding hydrogens is 216 g/mol. The molecule has 1 aromatic rings. The van der Waals surface area contributed by atoms with E-state index in [1.807, 2.05) is 38.2 Å². The Morgan fingerprint density at radius 1 is 1.41 bits per heavy atom. The summed E-state index contributed by atoms with van der Waals surface area (Å²) in [5.74, 6) is -0.111. The van der Waals surface area contributed by atoms with Gasteiger partial charge in [-0.25, -0.2) is 0 Å². The maximum atomic E-state index is 11.5. The predicted molar refractivity (Wildman–Crippen MR) is 68.9 cm³/mol. The highest BCUT2D eigenvalue weighted by atomic mass is 16.5. The van der Waals surface area contributed by atoms with E-state index in [0.29, 0.717) is 6.61 Å². The Labute approximate surface area is 102 Å². The summed E-state index contributed by atoms with van der Waals surface area (Å²) in [7, 11) is 1.89. The van der Waals surface area contributed by atoms with Crippen LogP contribution >= 0.6 is 0 Å². The van der Waals surface area contributed by atoms with Gasteiger partial charge in [-0.2, -0.15) is 0 Å². The Morgan fingerprint density at radius 3 is 2.94 bits per heavy atom. The van der Waals surface area contributed by atoms with Gasteiger partial charge in [0.05, 0.1) is 0 Å². The smallest absolute Gasteiger partial charge is 0.250 e. The molecule has 1 amide bonds. The van der Waals surface area contributed by atoms with E-state index in [4.69, 9.17) is 4.74 Å². The van der Waals surface area contributed by atoms with Crippen LogP contribution in [0.5, 0.6) is 0 Å². The van der Waals surface area contributed by atoms with E-state index >= 15 is 0 Å². The maximum absolute atomic E-state index is 11.5. The summed E-state index contributed by atoms with van der Waals surface area (Å²) in [4.78, 5) is 11.5. The topological polar surface area (TPSA) is 50.4 Å². The van der Waals surface area contributed by atoms with Crippen molar-refractivity contribution < 1.29 is 9.53 Å². The van der Waals surface area contributed by atoms with Crippen molar-refractivity contribution in [2.75, 3.05) is 25.6 Å². The van der Waals surface area contributed by atoms with Crippen LogP contribution in [0.1, 0.15) is 18.9 Å². The molecular formula is C13H20N2O2. The molecule has 4 nitrogen and oxygen atoms in total. The van der Waals surface area contributed by atoms with Gasteiger partial charge in [0.2, 0.25) is 5.91 Å². The van der Waals surface area contributed by atoms with Crippen LogP contribution in [0.4, 0.5) is 5.69 Å². The summed E-state index contributed by atoms with van der Waals surface area (Å²) in [6.45, 7) is 3.53. The number of rotatable bonds is 7. The van der Waals surface area contributed by atoms with Gasteiger partial charge < -0.3 is 15.4 Å². The molecule has 0 radical (unpaired) electrons. The summed E-state index contributed by atoms with van der Waals surface area (Å²) in [6, 6.07) is 7.76. The average Bonchev–Trinajstić information content (AvgIpc) is 2.30. The van der Waals surface area contributed by atoms with Crippen LogP contribution in [0.2, 0.25) is 0 Å². The van der Waals surface area contributed by atoms with Crippen LogP contribution in [0.15, 0.2) is 24.3 Å². The number of benzene rings is 1. The molecule has 0 spiro atoms. The lowest BCUT2D eigenvalue weighted by Gasteiger charge is -2.07. The first-order valence-electron chi connectivity index (χ1n) is 5.87. The fraction of sp³-hybridized carbons (Fsp3) is 0.462. The van der Waals surface area contributed by atoms with Gasteiger partial charge in [-0.05, 0) is 31.2 Å². The Kier molecular flexibility index (Phi) is 6.29. The Hall–Kier alpha value is -1.39. The van der Waals surface area contributed by atoms with E-state index in [2.05, 4.69) is 10.6 Å². The molecule has 0 atom stereocenters. The normalized spacial score (nSPS) is 10.2. The quantitative estimate of drug-likeness (QED) is 0.709. The number of carbonyl (C=O) groups is 1. The van der Waals surface area contributed by atoms with Crippen LogP contribution in [0, 0.1) is 0 Å². The van der Waals surface area contributed by atoms with Crippen LogP contribution in [0.25, 0.3) is 0 Å². The molecule has 0 aromatic heterocycles. The molecule has 0 heterocycles. The van der Waals surface area contributed by atoms with Gasteiger partial charge in [0.1, 0.15) is 6.61 Å².